The maximum absolute atomic E-state index is 10.3. The van der Waals surface area contributed by atoms with Gasteiger partial charge < -0.3 is 10.8 Å². The maximum Gasteiger partial charge on any atom is 0.360 e. The molecule has 8 nitrogen and oxygen atoms in total. The molecule has 0 bridgehead atoms. The highest BCUT2D eigenvalue weighted by atomic mass is 16.4. The monoisotopic (exact) mass is 171 g/mol. The van der Waals surface area contributed by atoms with E-state index in [1.54, 1.807) is 0 Å². The van der Waals surface area contributed by atoms with Crippen molar-refractivity contribution in [3.8, 4) is 0 Å². The summed E-state index contributed by atoms with van der Waals surface area (Å²) in [6.07, 6.45) is 0. The quantitative estimate of drug-likeness (QED) is 0.452. The topological polar surface area (TPSA) is 134 Å². The summed E-state index contributed by atoms with van der Waals surface area (Å²) in [6.45, 7) is 0. The van der Waals surface area contributed by atoms with E-state index in [1.165, 1.54) is 0 Å². The van der Waals surface area contributed by atoms with Gasteiger partial charge in [0.25, 0.3) is 0 Å². The molecule has 0 aliphatic heterocycles. The molecule has 1 rings (SSSR count). The van der Waals surface area contributed by atoms with E-state index in [4.69, 9.17) is 10.8 Å². The van der Waals surface area contributed by atoms with Crippen molar-refractivity contribution < 1.29 is 14.7 Å². The number of carbonyl (C=O) groups excluding carboxylic acids is 1. The number of carbonyl (C=O) groups is 2. The highest BCUT2D eigenvalue weighted by Gasteiger charge is 2.15. The lowest BCUT2D eigenvalue weighted by Gasteiger charge is -1.94. The number of carboxylic acid groups (broad SMARTS) is 1. The van der Waals surface area contributed by atoms with Crippen molar-refractivity contribution >= 4 is 17.8 Å². The Labute approximate surface area is 65.8 Å². The van der Waals surface area contributed by atoms with E-state index in [0.29, 0.717) is 0 Å². The van der Waals surface area contributed by atoms with Gasteiger partial charge in [-0.1, -0.05) is 0 Å². The van der Waals surface area contributed by atoms with E-state index in [0.717, 1.165) is 0 Å². The Morgan fingerprint density at radius 3 is 2.67 bits per heavy atom. The number of urea groups is 1. The van der Waals surface area contributed by atoms with Crippen LogP contribution in [0.1, 0.15) is 10.5 Å². The molecule has 12 heavy (non-hydrogen) atoms. The molecule has 0 aliphatic carbocycles. The second-order valence-electron chi connectivity index (χ2n) is 1.82. The van der Waals surface area contributed by atoms with Gasteiger partial charge in [0, 0.05) is 0 Å². The third-order valence-electron chi connectivity index (χ3n) is 0.992. The molecule has 0 radical (unpaired) electrons. The molecule has 1 aromatic rings. The summed E-state index contributed by atoms with van der Waals surface area (Å²) in [5.74, 6) is -1.50. The molecule has 0 spiro atoms. The SMILES string of the molecule is NC(=O)Nc1n[nH]nc1C(=O)O. The van der Waals surface area contributed by atoms with Gasteiger partial charge in [-0.25, -0.2) is 9.59 Å². The largest absolute Gasteiger partial charge is 0.476 e. The minimum absolute atomic E-state index is 0.199. The summed E-state index contributed by atoms with van der Waals surface area (Å²) in [7, 11) is 0. The molecule has 0 fully saturated rings. The number of nitrogens with one attached hydrogen (secondary N) is 2. The van der Waals surface area contributed by atoms with Gasteiger partial charge >= 0.3 is 12.0 Å². The van der Waals surface area contributed by atoms with Crippen molar-refractivity contribution in [1.29, 1.82) is 0 Å². The zero-order valence-corrected chi connectivity index (χ0v) is 5.74. The van der Waals surface area contributed by atoms with Crippen LogP contribution in [-0.4, -0.2) is 32.5 Å². The van der Waals surface area contributed by atoms with Gasteiger partial charge in [-0.15, -0.1) is 10.2 Å². The fraction of sp³-hybridized carbons (Fsp3) is 0. The summed E-state index contributed by atoms with van der Waals surface area (Å²) in [6, 6.07) is -0.897. The molecular formula is C4H5N5O3. The highest BCUT2D eigenvalue weighted by Crippen LogP contribution is 2.05. The van der Waals surface area contributed by atoms with E-state index in [2.05, 4.69) is 10.2 Å². The van der Waals surface area contributed by atoms with Crippen LogP contribution in [-0.2, 0) is 0 Å². The first-order chi connectivity index (χ1) is 5.61. The Morgan fingerprint density at radius 2 is 2.17 bits per heavy atom. The number of aromatic nitrogens is 3. The second kappa shape index (κ2) is 2.86. The molecule has 0 aliphatic rings. The molecule has 1 heterocycles. The maximum atomic E-state index is 10.3. The predicted molar refractivity (Wildman–Crippen MR) is 36.5 cm³/mol. The number of amides is 2. The molecule has 2 amide bonds. The average Bonchev–Trinajstić information content (AvgIpc) is 2.33. The number of aromatic amines is 1. The van der Waals surface area contributed by atoms with Crippen molar-refractivity contribution in [3.05, 3.63) is 5.69 Å². The number of aromatic carboxylic acids is 1. The number of nitrogens with two attached hydrogens (primary N) is 1. The van der Waals surface area contributed by atoms with E-state index in [-0.39, 0.29) is 11.5 Å². The summed E-state index contributed by atoms with van der Waals surface area (Å²) in [5.41, 5.74) is 4.35. The Bertz CT molecular complexity index is 318. The normalized spacial score (nSPS) is 9.33. The lowest BCUT2D eigenvalue weighted by Crippen LogP contribution is -2.21. The van der Waals surface area contributed by atoms with Crippen LogP contribution in [0.2, 0.25) is 0 Å². The van der Waals surface area contributed by atoms with Crippen LogP contribution in [0.5, 0.6) is 0 Å². The first kappa shape index (κ1) is 7.98. The number of primary amides is 1. The number of H-pyrrole nitrogens is 1. The van der Waals surface area contributed by atoms with Crippen LogP contribution in [0.15, 0.2) is 0 Å². The Hall–Kier alpha value is -2.12. The second-order valence-corrected chi connectivity index (χ2v) is 1.82. The minimum atomic E-state index is -1.30. The number of hydrogen-bond acceptors (Lipinski definition) is 4. The first-order valence-corrected chi connectivity index (χ1v) is 2.81. The van der Waals surface area contributed by atoms with Gasteiger partial charge in [-0.2, -0.15) is 5.21 Å². The predicted octanol–water partition coefficient (Wildman–Crippen LogP) is -1.01. The highest BCUT2D eigenvalue weighted by molar-refractivity contribution is 5.96. The standard InChI is InChI=1S/C4H5N5O3/c5-4(12)6-2-1(3(10)11)7-9-8-2/h(H,10,11)(H4,5,6,7,8,9,12). The van der Waals surface area contributed by atoms with E-state index in [1.807, 2.05) is 10.5 Å². The molecule has 0 saturated carbocycles. The van der Waals surface area contributed by atoms with Crippen molar-refractivity contribution in [2.24, 2.45) is 5.73 Å². The minimum Gasteiger partial charge on any atom is -0.476 e. The van der Waals surface area contributed by atoms with E-state index < -0.39 is 12.0 Å². The van der Waals surface area contributed by atoms with Gasteiger partial charge in [0.1, 0.15) is 0 Å². The molecule has 1 aromatic heterocycles. The summed E-state index contributed by atoms with van der Waals surface area (Å²) in [5, 5.41) is 19.1. The molecule has 0 atom stereocenters. The zero-order chi connectivity index (χ0) is 9.14. The number of rotatable bonds is 2. The smallest absolute Gasteiger partial charge is 0.360 e. The van der Waals surface area contributed by atoms with Gasteiger partial charge in [-0.3, -0.25) is 5.32 Å². The van der Waals surface area contributed by atoms with Crippen molar-refractivity contribution in [3.63, 3.8) is 0 Å². The fourth-order valence-corrected chi connectivity index (χ4v) is 0.584. The van der Waals surface area contributed by atoms with Gasteiger partial charge in [0.05, 0.1) is 0 Å². The molecular weight excluding hydrogens is 166 g/mol. The van der Waals surface area contributed by atoms with Crippen molar-refractivity contribution in [1.82, 2.24) is 15.4 Å². The molecule has 0 saturated heterocycles. The van der Waals surface area contributed by atoms with Crippen molar-refractivity contribution in [2.75, 3.05) is 5.32 Å². The number of carboxylic acids is 1. The zero-order valence-electron chi connectivity index (χ0n) is 5.74. The van der Waals surface area contributed by atoms with Crippen LogP contribution in [0.4, 0.5) is 10.6 Å². The van der Waals surface area contributed by atoms with Crippen LogP contribution in [0.25, 0.3) is 0 Å². The summed E-state index contributed by atoms with van der Waals surface area (Å²) in [4.78, 5) is 20.6. The number of anilines is 1. The van der Waals surface area contributed by atoms with Gasteiger partial charge in [0.15, 0.2) is 5.82 Å². The van der Waals surface area contributed by atoms with Crippen LogP contribution in [0.3, 0.4) is 0 Å². The number of hydrogen-bond donors (Lipinski definition) is 4. The molecule has 64 valence electrons. The Kier molecular flexibility index (Phi) is 1.90. The molecule has 0 unspecified atom stereocenters. The van der Waals surface area contributed by atoms with Crippen molar-refractivity contribution in [2.45, 2.75) is 0 Å². The van der Waals surface area contributed by atoms with Gasteiger partial charge in [0.2, 0.25) is 5.69 Å². The van der Waals surface area contributed by atoms with Crippen LogP contribution < -0.4 is 11.1 Å². The first-order valence-electron chi connectivity index (χ1n) is 2.81. The fourth-order valence-electron chi connectivity index (χ4n) is 0.584. The molecule has 0 aromatic carbocycles. The average molecular weight is 171 g/mol. The molecule has 8 heteroatoms. The lowest BCUT2D eigenvalue weighted by molar-refractivity contribution is 0.0691. The molecule has 5 N–H and O–H groups in total. The lowest BCUT2D eigenvalue weighted by atomic mass is 10.4. The number of nitrogens with zero attached hydrogens (tertiary/aromatic N) is 2. The summed E-state index contributed by atoms with van der Waals surface area (Å²) < 4.78 is 0. The third-order valence-corrected chi connectivity index (χ3v) is 0.992. The van der Waals surface area contributed by atoms with Gasteiger partial charge in [-0.05, 0) is 0 Å². The Morgan fingerprint density at radius 1 is 1.50 bits per heavy atom. The third kappa shape index (κ3) is 1.48. The van der Waals surface area contributed by atoms with E-state index >= 15 is 0 Å². The van der Waals surface area contributed by atoms with Crippen LogP contribution in [0, 0.1) is 0 Å². The summed E-state index contributed by atoms with van der Waals surface area (Å²) >= 11 is 0. The van der Waals surface area contributed by atoms with E-state index in [9.17, 15) is 9.59 Å². The van der Waals surface area contributed by atoms with Crippen LogP contribution >= 0.6 is 0 Å². The Balaban J connectivity index is 2.91.